The van der Waals surface area contributed by atoms with Crippen LogP contribution in [0.4, 0.5) is 5.13 Å². The molecule has 0 saturated heterocycles. The van der Waals surface area contributed by atoms with E-state index in [1.165, 1.54) is 24.5 Å². The van der Waals surface area contributed by atoms with Gasteiger partial charge in [-0.25, -0.2) is 13.4 Å². The molecule has 172 valence electrons. The highest BCUT2D eigenvalue weighted by Crippen LogP contribution is 2.40. The molecule has 0 bridgehead atoms. The summed E-state index contributed by atoms with van der Waals surface area (Å²) in [7, 11) is -3.94. The quantitative estimate of drug-likeness (QED) is 0.359. The molecule has 12 heteroatoms. The largest absolute Gasteiger partial charge is 0.455 e. The Bertz CT molecular complexity index is 1490. The number of halogens is 1. The van der Waals surface area contributed by atoms with Gasteiger partial charge in [0.1, 0.15) is 23.9 Å². The molecule has 1 N–H and O–H groups in total. The van der Waals surface area contributed by atoms with Gasteiger partial charge in [0.05, 0.1) is 22.2 Å². The Hall–Kier alpha value is -3.46. The normalized spacial score (nSPS) is 13.8. The second kappa shape index (κ2) is 9.06. The first-order chi connectivity index (χ1) is 16.4. The summed E-state index contributed by atoms with van der Waals surface area (Å²) < 4.78 is 39.5. The van der Waals surface area contributed by atoms with E-state index in [-0.39, 0.29) is 21.3 Å². The lowest BCUT2D eigenvalue weighted by Gasteiger charge is -2.28. The van der Waals surface area contributed by atoms with E-state index in [0.717, 1.165) is 42.1 Å². The van der Waals surface area contributed by atoms with Crippen molar-refractivity contribution in [2.75, 3.05) is 4.72 Å². The highest BCUT2D eigenvalue weighted by molar-refractivity contribution is 7.93. The molecule has 1 aliphatic carbocycles. The number of nitrogens with zero attached hydrogens (tertiary/aromatic N) is 5. The van der Waals surface area contributed by atoms with Gasteiger partial charge >= 0.3 is 0 Å². The molecule has 2 aromatic carbocycles. The molecule has 9 nitrogen and oxygen atoms in total. The Morgan fingerprint density at radius 2 is 2.00 bits per heavy atom. The Morgan fingerprint density at radius 3 is 2.71 bits per heavy atom. The van der Waals surface area contributed by atoms with Crippen LogP contribution in [0.25, 0.3) is 11.3 Å². The number of anilines is 1. The van der Waals surface area contributed by atoms with E-state index >= 15 is 0 Å². The maximum absolute atomic E-state index is 12.7. The minimum atomic E-state index is -3.94. The van der Waals surface area contributed by atoms with Crippen LogP contribution in [0.1, 0.15) is 30.9 Å². The van der Waals surface area contributed by atoms with Crippen LogP contribution >= 0.6 is 23.1 Å². The Kier molecular flexibility index (Phi) is 5.95. The van der Waals surface area contributed by atoms with Crippen molar-refractivity contribution < 1.29 is 13.2 Å². The molecule has 2 heterocycles. The number of aromatic nitrogens is 4. The third kappa shape index (κ3) is 4.35. The fraction of sp³-hybridized carbons (Fsp3) is 0.182. The van der Waals surface area contributed by atoms with E-state index in [0.29, 0.717) is 16.8 Å². The van der Waals surface area contributed by atoms with Crippen LogP contribution in [0.15, 0.2) is 59.9 Å². The predicted molar refractivity (Wildman–Crippen MR) is 128 cm³/mol. The van der Waals surface area contributed by atoms with Crippen LogP contribution in [0.5, 0.6) is 11.5 Å². The highest BCUT2D eigenvalue weighted by Gasteiger charge is 2.24. The molecule has 0 atom stereocenters. The van der Waals surface area contributed by atoms with Gasteiger partial charge in [0.25, 0.3) is 10.0 Å². The minimum Gasteiger partial charge on any atom is -0.455 e. The summed E-state index contributed by atoms with van der Waals surface area (Å²) in [6.07, 6.45) is 6.28. The van der Waals surface area contributed by atoms with Crippen LogP contribution in [0.3, 0.4) is 0 Å². The van der Waals surface area contributed by atoms with Gasteiger partial charge in [0.15, 0.2) is 0 Å². The highest BCUT2D eigenvalue weighted by atomic mass is 35.5. The van der Waals surface area contributed by atoms with Gasteiger partial charge in [-0.1, -0.05) is 11.6 Å². The minimum absolute atomic E-state index is 0.0635. The Balaban J connectivity index is 1.49. The zero-order valence-corrected chi connectivity index (χ0v) is 19.9. The van der Waals surface area contributed by atoms with Crippen LogP contribution in [0, 0.1) is 11.3 Å². The maximum Gasteiger partial charge on any atom is 0.263 e. The van der Waals surface area contributed by atoms with E-state index in [1.54, 1.807) is 24.4 Å². The lowest BCUT2D eigenvalue weighted by Crippen LogP contribution is -2.19. The summed E-state index contributed by atoms with van der Waals surface area (Å²) in [5.74, 6) is 0.695. The molecule has 4 aromatic rings. The van der Waals surface area contributed by atoms with E-state index in [9.17, 15) is 13.7 Å². The monoisotopic (exact) mass is 512 g/mol. The molecule has 0 radical (unpaired) electrons. The molecule has 1 aliphatic rings. The summed E-state index contributed by atoms with van der Waals surface area (Å²) in [5.41, 5.74) is 1.66. The lowest BCUT2D eigenvalue weighted by molar-refractivity contribution is 0.292. The van der Waals surface area contributed by atoms with Crippen LogP contribution < -0.4 is 9.46 Å². The third-order valence-corrected chi connectivity index (χ3v) is 7.77. The summed E-state index contributed by atoms with van der Waals surface area (Å²) in [6, 6.07) is 13.5. The van der Waals surface area contributed by atoms with Gasteiger partial charge in [-0.3, -0.25) is 9.40 Å². The smallest absolute Gasteiger partial charge is 0.263 e. The molecule has 0 unspecified atom stereocenters. The number of rotatable bonds is 7. The average molecular weight is 513 g/mol. The summed E-state index contributed by atoms with van der Waals surface area (Å²) in [4.78, 5) is 3.73. The number of nitrogens with one attached hydrogen (secondary N) is 1. The number of nitriles is 1. The molecule has 34 heavy (non-hydrogen) atoms. The second-order valence-electron chi connectivity index (χ2n) is 7.61. The Morgan fingerprint density at radius 1 is 1.18 bits per heavy atom. The van der Waals surface area contributed by atoms with Gasteiger partial charge in [-0.2, -0.15) is 14.7 Å². The zero-order chi connectivity index (χ0) is 23.7. The molecule has 0 aliphatic heterocycles. The standard InChI is InChI=1S/C22H17ClN6O3S2/c23-15-4-6-21(18(11-15)19-8-9-26-29(19)16-2-1-3-16)32-20-7-5-17(10-14(20)12-24)34(30,31)28-22-25-13-27-33-22/h4-11,13,16H,1-3H2,(H,25,27,28). The summed E-state index contributed by atoms with van der Waals surface area (Å²) >= 11 is 7.19. The van der Waals surface area contributed by atoms with Crippen molar-refractivity contribution in [2.24, 2.45) is 0 Å². The van der Waals surface area contributed by atoms with Crippen molar-refractivity contribution in [1.82, 2.24) is 19.1 Å². The van der Waals surface area contributed by atoms with Crippen molar-refractivity contribution >= 4 is 38.3 Å². The van der Waals surface area contributed by atoms with Crippen molar-refractivity contribution in [3.05, 3.63) is 65.6 Å². The number of hydrogen-bond donors (Lipinski definition) is 1. The fourth-order valence-corrected chi connectivity index (χ4v) is 5.46. The second-order valence-corrected chi connectivity index (χ2v) is 10.5. The molecule has 1 fully saturated rings. The van der Waals surface area contributed by atoms with Gasteiger partial charge < -0.3 is 4.74 Å². The van der Waals surface area contributed by atoms with E-state index < -0.39 is 10.0 Å². The molecule has 1 saturated carbocycles. The number of hydrogen-bond acceptors (Lipinski definition) is 8. The van der Waals surface area contributed by atoms with Crippen LogP contribution in [0.2, 0.25) is 5.02 Å². The molecule has 0 spiro atoms. The number of benzene rings is 2. The predicted octanol–water partition coefficient (Wildman–Crippen LogP) is 5.24. The first kappa shape index (κ1) is 22.3. The molecular weight excluding hydrogens is 496 g/mol. The topological polar surface area (TPSA) is 123 Å². The molecule has 2 aromatic heterocycles. The van der Waals surface area contributed by atoms with Crippen molar-refractivity contribution in [2.45, 2.75) is 30.2 Å². The number of sulfonamides is 1. The van der Waals surface area contributed by atoms with Crippen molar-refractivity contribution in [3.8, 4) is 28.8 Å². The van der Waals surface area contributed by atoms with E-state index in [2.05, 4.69) is 19.2 Å². The van der Waals surface area contributed by atoms with Gasteiger partial charge in [-0.15, -0.1) is 0 Å². The first-order valence-corrected chi connectivity index (χ1v) is 12.9. The fourth-order valence-electron chi connectivity index (χ4n) is 3.60. The van der Waals surface area contributed by atoms with Gasteiger partial charge in [-0.05, 0) is 61.7 Å². The molecule has 0 amide bonds. The Labute approximate surface area is 204 Å². The van der Waals surface area contributed by atoms with Crippen molar-refractivity contribution in [1.29, 1.82) is 5.26 Å². The van der Waals surface area contributed by atoms with Crippen LogP contribution in [-0.4, -0.2) is 27.6 Å². The average Bonchev–Trinajstić information content (AvgIpc) is 3.46. The van der Waals surface area contributed by atoms with E-state index in [4.69, 9.17) is 16.3 Å². The maximum atomic E-state index is 12.7. The van der Waals surface area contributed by atoms with Gasteiger partial charge in [0.2, 0.25) is 5.13 Å². The van der Waals surface area contributed by atoms with Gasteiger partial charge in [0, 0.05) is 28.3 Å². The van der Waals surface area contributed by atoms with Crippen LogP contribution in [-0.2, 0) is 10.0 Å². The van der Waals surface area contributed by atoms with E-state index in [1.807, 2.05) is 16.8 Å². The summed E-state index contributed by atoms with van der Waals surface area (Å²) in [6.45, 7) is 0. The first-order valence-electron chi connectivity index (χ1n) is 10.3. The summed E-state index contributed by atoms with van der Waals surface area (Å²) in [5, 5.41) is 14.8. The number of ether oxygens (including phenoxy) is 1. The van der Waals surface area contributed by atoms with Crippen molar-refractivity contribution in [3.63, 3.8) is 0 Å². The molecule has 5 rings (SSSR count). The SMILES string of the molecule is N#Cc1cc(S(=O)(=O)Nc2ncns2)ccc1Oc1ccc(Cl)cc1-c1ccnn1C1CCC1. The lowest BCUT2D eigenvalue weighted by atomic mass is 9.93. The zero-order valence-electron chi connectivity index (χ0n) is 17.6. The third-order valence-electron chi connectivity index (χ3n) is 5.49. The molecular formula is C22H17ClN6O3S2.